The van der Waals surface area contributed by atoms with Crippen LogP contribution < -0.4 is 0 Å². The van der Waals surface area contributed by atoms with Gasteiger partial charge in [-0.1, -0.05) is 6.07 Å². The van der Waals surface area contributed by atoms with Crippen LogP contribution in [0.3, 0.4) is 0 Å². The first-order valence-electron chi connectivity index (χ1n) is 7.34. The van der Waals surface area contributed by atoms with Crippen molar-refractivity contribution in [1.82, 2.24) is 4.90 Å². The molecule has 20 heavy (non-hydrogen) atoms. The number of benzene rings is 1. The lowest BCUT2D eigenvalue weighted by Crippen LogP contribution is -2.43. The van der Waals surface area contributed by atoms with Gasteiger partial charge in [0.1, 0.15) is 0 Å². The molecule has 1 aliphatic rings. The number of hydrogen-bond acceptors (Lipinski definition) is 3. The predicted octanol–water partition coefficient (Wildman–Crippen LogP) is 2.82. The molecule has 1 aliphatic heterocycles. The lowest BCUT2D eigenvalue weighted by Gasteiger charge is -2.30. The van der Waals surface area contributed by atoms with E-state index in [0.717, 1.165) is 36.4 Å². The zero-order valence-corrected chi connectivity index (χ0v) is 13.2. The summed E-state index contributed by atoms with van der Waals surface area (Å²) < 4.78 is 5.53. The lowest BCUT2D eigenvalue weighted by atomic mass is 9.91. The van der Waals surface area contributed by atoms with Crippen molar-refractivity contribution in [2.45, 2.75) is 40.7 Å². The normalized spacial score (nSPS) is 20.1. The Bertz CT molecular complexity index is 496. The van der Waals surface area contributed by atoms with Gasteiger partial charge in [-0.3, -0.25) is 9.69 Å². The topological polar surface area (TPSA) is 29.5 Å². The van der Waals surface area contributed by atoms with Crippen LogP contribution >= 0.6 is 0 Å². The number of ketones is 1. The molecule has 0 aromatic heterocycles. The summed E-state index contributed by atoms with van der Waals surface area (Å²) in [5, 5.41) is 0. The highest BCUT2D eigenvalue weighted by molar-refractivity contribution is 6.00. The first-order chi connectivity index (χ1) is 9.40. The van der Waals surface area contributed by atoms with E-state index in [1.807, 2.05) is 0 Å². The molecule has 1 heterocycles. The summed E-state index contributed by atoms with van der Waals surface area (Å²) >= 11 is 0. The van der Waals surface area contributed by atoms with Gasteiger partial charge in [0.05, 0.1) is 19.3 Å². The van der Waals surface area contributed by atoms with Crippen LogP contribution in [0.2, 0.25) is 0 Å². The van der Waals surface area contributed by atoms with Gasteiger partial charge < -0.3 is 4.74 Å². The Morgan fingerprint density at radius 1 is 1.25 bits per heavy atom. The van der Waals surface area contributed by atoms with E-state index in [9.17, 15) is 4.79 Å². The quantitative estimate of drug-likeness (QED) is 0.794. The highest BCUT2D eigenvalue weighted by Crippen LogP contribution is 2.22. The Balaban J connectivity index is 2.21. The monoisotopic (exact) mass is 275 g/mol. The second-order valence-electron chi connectivity index (χ2n) is 5.98. The van der Waals surface area contributed by atoms with E-state index < -0.39 is 0 Å². The van der Waals surface area contributed by atoms with Gasteiger partial charge >= 0.3 is 0 Å². The van der Waals surface area contributed by atoms with Gasteiger partial charge in [-0.05, 0) is 56.9 Å². The van der Waals surface area contributed by atoms with Crippen LogP contribution in [0.4, 0.5) is 0 Å². The Labute approximate surface area is 121 Å². The van der Waals surface area contributed by atoms with Gasteiger partial charge in [0.25, 0.3) is 0 Å². The van der Waals surface area contributed by atoms with Crippen molar-refractivity contribution in [1.29, 1.82) is 0 Å². The van der Waals surface area contributed by atoms with Crippen LogP contribution in [-0.2, 0) is 4.74 Å². The van der Waals surface area contributed by atoms with Crippen molar-refractivity contribution in [3.8, 4) is 0 Å². The van der Waals surface area contributed by atoms with Crippen molar-refractivity contribution in [3.05, 3.63) is 33.9 Å². The average molecular weight is 275 g/mol. The summed E-state index contributed by atoms with van der Waals surface area (Å²) in [6.45, 7) is 13.2. The van der Waals surface area contributed by atoms with Crippen LogP contribution in [0.25, 0.3) is 0 Å². The molecule has 1 aromatic rings. The summed E-state index contributed by atoms with van der Waals surface area (Å²) in [4.78, 5) is 14.9. The zero-order valence-electron chi connectivity index (χ0n) is 13.2. The molecule has 3 nitrogen and oxygen atoms in total. The van der Waals surface area contributed by atoms with E-state index in [4.69, 9.17) is 4.74 Å². The molecule has 0 N–H and O–H groups in total. The van der Waals surface area contributed by atoms with Crippen LogP contribution in [-0.4, -0.2) is 43.0 Å². The molecular formula is C17H25NO2. The van der Waals surface area contributed by atoms with Gasteiger partial charge in [-0.25, -0.2) is 0 Å². The maximum Gasteiger partial charge on any atom is 0.177 e. The van der Waals surface area contributed by atoms with Crippen molar-refractivity contribution in [3.63, 3.8) is 0 Å². The highest BCUT2D eigenvalue weighted by atomic mass is 16.5. The Morgan fingerprint density at radius 2 is 1.85 bits per heavy atom. The third-order valence-electron chi connectivity index (χ3n) is 4.34. The third kappa shape index (κ3) is 3.10. The number of morpholine rings is 1. The lowest BCUT2D eigenvalue weighted by molar-refractivity contribution is -0.0158. The van der Waals surface area contributed by atoms with Gasteiger partial charge in [0.2, 0.25) is 0 Å². The number of hydrogen-bond donors (Lipinski definition) is 0. The van der Waals surface area contributed by atoms with E-state index in [1.54, 1.807) is 0 Å². The molecule has 1 fully saturated rings. The van der Waals surface area contributed by atoms with Gasteiger partial charge in [0, 0.05) is 18.7 Å². The van der Waals surface area contributed by atoms with Gasteiger partial charge in [-0.2, -0.15) is 0 Å². The van der Waals surface area contributed by atoms with E-state index in [-0.39, 0.29) is 11.9 Å². The Morgan fingerprint density at radius 3 is 2.40 bits per heavy atom. The number of nitrogens with zero attached hydrogens (tertiary/aromatic N) is 1. The maximum absolute atomic E-state index is 12.7. The smallest absolute Gasteiger partial charge is 0.177 e. The number of carbonyl (C=O) groups excluding carboxylic acids is 1. The summed E-state index contributed by atoms with van der Waals surface area (Å²) in [5.74, 6) is 0.237. The SMILES string of the molecule is Cc1cc(C)c(C)c(C(=O)CN2CCOC(C)C2)c1C. The van der Waals surface area contributed by atoms with Crippen LogP contribution in [0, 0.1) is 27.7 Å². The third-order valence-corrected chi connectivity index (χ3v) is 4.34. The molecule has 2 rings (SSSR count). The number of carbonyl (C=O) groups is 1. The predicted molar refractivity (Wildman–Crippen MR) is 81.6 cm³/mol. The fourth-order valence-corrected chi connectivity index (χ4v) is 2.95. The number of rotatable bonds is 3. The molecule has 0 bridgehead atoms. The zero-order chi connectivity index (χ0) is 14.9. The number of Topliss-reactive ketones (excluding diaryl/α,β-unsaturated/α-hetero) is 1. The summed E-state index contributed by atoms with van der Waals surface area (Å²) in [7, 11) is 0. The largest absolute Gasteiger partial charge is 0.376 e. The summed E-state index contributed by atoms with van der Waals surface area (Å²) in [6, 6.07) is 2.16. The second-order valence-corrected chi connectivity index (χ2v) is 5.98. The van der Waals surface area contributed by atoms with Crippen LogP contribution in [0.1, 0.15) is 39.5 Å². The van der Waals surface area contributed by atoms with Crippen molar-refractivity contribution in [2.75, 3.05) is 26.2 Å². The Hall–Kier alpha value is -1.19. The average Bonchev–Trinajstić information content (AvgIpc) is 2.36. The molecule has 0 amide bonds. The van der Waals surface area contributed by atoms with Crippen molar-refractivity contribution < 1.29 is 9.53 Å². The van der Waals surface area contributed by atoms with E-state index >= 15 is 0 Å². The maximum atomic E-state index is 12.7. The van der Waals surface area contributed by atoms with Gasteiger partial charge in [-0.15, -0.1) is 0 Å². The summed E-state index contributed by atoms with van der Waals surface area (Å²) in [6.07, 6.45) is 0.220. The molecule has 0 saturated carbocycles. The first-order valence-corrected chi connectivity index (χ1v) is 7.34. The molecule has 0 spiro atoms. The molecule has 0 radical (unpaired) electrons. The molecule has 1 unspecified atom stereocenters. The second kappa shape index (κ2) is 6.06. The number of aryl methyl sites for hydroxylation is 2. The minimum atomic E-state index is 0.220. The molecule has 1 atom stereocenters. The number of ether oxygens (including phenoxy) is 1. The molecule has 3 heteroatoms. The minimum Gasteiger partial charge on any atom is -0.376 e. The van der Waals surface area contributed by atoms with Crippen LogP contribution in [0.15, 0.2) is 6.07 Å². The van der Waals surface area contributed by atoms with Crippen molar-refractivity contribution in [2.24, 2.45) is 0 Å². The fraction of sp³-hybridized carbons (Fsp3) is 0.588. The van der Waals surface area contributed by atoms with Crippen LogP contribution in [0.5, 0.6) is 0 Å². The minimum absolute atomic E-state index is 0.220. The van der Waals surface area contributed by atoms with E-state index in [2.05, 4.69) is 45.6 Å². The standard InChI is InChI=1S/C17H25NO2/c1-11-8-12(2)15(5)17(14(11)4)16(19)10-18-6-7-20-13(3)9-18/h8,13H,6-7,9-10H2,1-5H3. The molecular weight excluding hydrogens is 250 g/mol. The highest BCUT2D eigenvalue weighted by Gasteiger charge is 2.22. The Kier molecular flexibility index (Phi) is 4.61. The van der Waals surface area contributed by atoms with E-state index in [1.165, 1.54) is 11.1 Å². The van der Waals surface area contributed by atoms with Gasteiger partial charge in [0.15, 0.2) is 5.78 Å². The fourth-order valence-electron chi connectivity index (χ4n) is 2.95. The molecule has 110 valence electrons. The molecule has 0 aliphatic carbocycles. The van der Waals surface area contributed by atoms with E-state index in [0.29, 0.717) is 6.54 Å². The molecule has 1 saturated heterocycles. The van der Waals surface area contributed by atoms with Crippen molar-refractivity contribution >= 4 is 5.78 Å². The summed E-state index contributed by atoms with van der Waals surface area (Å²) in [5.41, 5.74) is 5.57. The first kappa shape index (κ1) is 15.2. The molecule has 1 aromatic carbocycles.